The fourth-order valence-electron chi connectivity index (χ4n) is 2.48. The molecule has 2 saturated heterocycles. The molecule has 6 heteroatoms. The minimum absolute atomic E-state index is 0.0537. The average molecular weight is 247 g/mol. The van der Waals surface area contributed by atoms with Gasteiger partial charge in [-0.25, -0.2) is 0 Å². The van der Waals surface area contributed by atoms with Crippen molar-refractivity contribution in [3.8, 4) is 0 Å². The Labute approximate surface area is 97.8 Å². The van der Waals surface area contributed by atoms with E-state index in [2.05, 4.69) is 10.0 Å². The van der Waals surface area contributed by atoms with Crippen LogP contribution in [0.3, 0.4) is 0 Å². The molecular weight excluding hydrogens is 226 g/mol. The van der Waals surface area contributed by atoms with Crippen LogP contribution < -0.4 is 10.0 Å². The van der Waals surface area contributed by atoms with Crippen LogP contribution in [0.5, 0.6) is 0 Å². The monoisotopic (exact) mass is 247 g/mol. The lowest BCUT2D eigenvalue weighted by molar-refractivity contribution is 0.316. The van der Waals surface area contributed by atoms with E-state index in [0.29, 0.717) is 19.0 Å². The van der Waals surface area contributed by atoms with Gasteiger partial charge in [0, 0.05) is 19.1 Å². The van der Waals surface area contributed by atoms with E-state index in [0.717, 1.165) is 19.5 Å². The Morgan fingerprint density at radius 1 is 1.31 bits per heavy atom. The lowest BCUT2D eigenvalue weighted by atomic mass is 9.95. The SMILES string of the molecule is CC1CN(CCC2CCNCC2)S(=O)(=O)N1. The lowest BCUT2D eigenvalue weighted by Gasteiger charge is -2.24. The van der Waals surface area contributed by atoms with Crippen LogP contribution in [-0.2, 0) is 10.2 Å². The summed E-state index contributed by atoms with van der Waals surface area (Å²) >= 11 is 0. The molecule has 0 bridgehead atoms. The summed E-state index contributed by atoms with van der Waals surface area (Å²) in [5, 5.41) is 3.32. The van der Waals surface area contributed by atoms with Crippen molar-refractivity contribution in [3.63, 3.8) is 0 Å². The molecule has 2 rings (SSSR count). The molecule has 94 valence electrons. The van der Waals surface area contributed by atoms with Gasteiger partial charge in [-0.05, 0) is 45.2 Å². The number of nitrogens with zero attached hydrogens (tertiary/aromatic N) is 1. The van der Waals surface area contributed by atoms with E-state index in [1.807, 2.05) is 6.92 Å². The highest BCUT2D eigenvalue weighted by Crippen LogP contribution is 2.18. The molecular formula is C10H21N3O2S. The van der Waals surface area contributed by atoms with E-state index in [1.54, 1.807) is 4.31 Å². The third-order valence-electron chi connectivity index (χ3n) is 3.41. The molecule has 2 heterocycles. The molecule has 5 nitrogen and oxygen atoms in total. The van der Waals surface area contributed by atoms with Crippen LogP contribution in [0.4, 0.5) is 0 Å². The van der Waals surface area contributed by atoms with Crippen LogP contribution >= 0.6 is 0 Å². The highest BCUT2D eigenvalue weighted by atomic mass is 32.2. The summed E-state index contributed by atoms with van der Waals surface area (Å²) in [6.45, 7) is 5.35. The van der Waals surface area contributed by atoms with Gasteiger partial charge in [0.1, 0.15) is 0 Å². The van der Waals surface area contributed by atoms with Crippen molar-refractivity contribution >= 4 is 10.2 Å². The van der Waals surface area contributed by atoms with E-state index in [9.17, 15) is 8.42 Å². The zero-order valence-corrected chi connectivity index (χ0v) is 10.6. The first kappa shape index (κ1) is 12.3. The molecule has 16 heavy (non-hydrogen) atoms. The Morgan fingerprint density at radius 3 is 2.56 bits per heavy atom. The van der Waals surface area contributed by atoms with Gasteiger partial charge >= 0.3 is 0 Å². The first-order chi connectivity index (χ1) is 7.58. The molecule has 0 amide bonds. The first-order valence-corrected chi connectivity index (χ1v) is 7.50. The van der Waals surface area contributed by atoms with Crippen molar-refractivity contribution in [3.05, 3.63) is 0 Å². The summed E-state index contributed by atoms with van der Waals surface area (Å²) in [7, 11) is -3.17. The van der Waals surface area contributed by atoms with Gasteiger partial charge in [-0.1, -0.05) is 0 Å². The largest absolute Gasteiger partial charge is 0.317 e. The van der Waals surface area contributed by atoms with E-state index in [-0.39, 0.29) is 6.04 Å². The zero-order valence-electron chi connectivity index (χ0n) is 9.78. The van der Waals surface area contributed by atoms with Gasteiger partial charge in [0.15, 0.2) is 0 Å². The van der Waals surface area contributed by atoms with Crippen molar-refractivity contribution < 1.29 is 8.42 Å². The van der Waals surface area contributed by atoms with Crippen molar-refractivity contribution in [1.29, 1.82) is 0 Å². The molecule has 0 aliphatic carbocycles. The molecule has 1 atom stereocenters. The van der Waals surface area contributed by atoms with Gasteiger partial charge in [0.2, 0.25) is 0 Å². The topological polar surface area (TPSA) is 61.4 Å². The quantitative estimate of drug-likeness (QED) is 0.733. The summed E-state index contributed by atoms with van der Waals surface area (Å²) in [6.07, 6.45) is 3.35. The summed E-state index contributed by atoms with van der Waals surface area (Å²) in [5.74, 6) is 0.687. The van der Waals surface area contributed by atoms with Crippen LogP contribution in [0, 0.1) is 5.92 Å². The molecule has 2 N–H and O–H groups in total. The highest BCUT2D eigenvalue weighted by molar-refractivity contribution is 7.87. The van der Waals surface area contributed by atoms with Gasteiger partial charge < -0.3 is 5.32 Å². The lowest BCUT2D eigenvalue weighted by Crippen LogP contribution is -2.33. The van der Waals surface area contributed by atoms with Gasteiger partial charge in [0.25, 0.3) is 10.2 Å². The van der Waals surface area contributed by atoms with E-state index in [4.69, 9.17) is 0 Å². The predicted molar refractivity (Wildman–Crippen MR) is 63.3 cm³/mol. The Kier molecular flexibility index (Phi) is 3.84. The maximum Gasteiger partial charge on any atom is 0.279 e. The summed E-state index contributed by atoms with van der Waals surface area (Å²) in [6, 6.07) is 0.0537. The minimum atomic E-state index is -3.17. The van der Waals surface area contributed by atoms with Gasteiger partial charge in [-0.2, -0.15) is 17.4 Å². The standard InChI is InChI=1S/C10H21N3O2S/c1-9-8-13(16(14,15)12-9)7-4-10-2-5-11-6-3-10/h9-12H,2-8H2,1H3. The summed E-state index contributed by atoms with van der Waals surface area (Å²) in [4.78, 5) is 0. The predicted octanol–water partition coefficient (Wildman–Crippen LogP) is -0.0854. The molecule has 2 aliphatic heterocycles. The molecule has 0 spiro atoms. The Bertz CT molecular complexity index is 325. The maximum atomic E-state index is 11.6. The van der Waals surface area contributed by atoms with Gasteiger partial charge in [0.05, 0.1) is 0 Å². The van der Waals surface area contributed by atoms with Crippen LogP contribution in [0.15, 0.2) is 0 Å². The number of piperidine rings is 1. The highest BCUT2D eigenvalue weighted by Gasteiger charge is 2.32. The molecule has 0 aromatic rings. The number of hydrogen-bond donors (Lipinski definition) is 2. The molecule has 0 aromatic carbocycles. The van der Waals surface area contributed by atoms with Crippen molar-refractivity contribution in [2.24, 2.45) is 5.92 Å². The minimum Gasteiger partial charge on any atom is -0.317 e. The van der Waals surface area contributed by atoms with Crippen LogP contribution in [0.2, 0.25) is 0 Å². The van der Waals surface area contributed by atoms with Crippen molar-refractivity contribution in [2.45, 2.75) is 32.2 Å². The van der Waals surface area contributed by atoms with Gasteiger partial charge in [-0.15, -0.1) is 0 Å². The van der Waals surface area contributed by atoms with Crippen LogP contribution in [0.25, 0.3) is 0 Å². The second-order valence-corrected chi connectivity index (χ2v) is 6.57. The van der Waals surface area contributed by atoms with E-state index >= 15 is 0 Å². The number of nitrogens with one attached hydrogen (secondary N) is 2. The van der Waals surface area contributed by atoms with Crippen LogP contribution in [0.1, 0.15) is 26.2 Å². The second-order valence-electron chi connectivity index (χ2n) is 4.86. The Balaban J connectivity index is 1.81. The molecule has 2 aliphatic rings. The molecule has 0 aromatic heterocycles. The molecule has 1 unspecified atom stereocenters. The Hall–Kier alpha value is -0.170. The van der Waals surface area contributed by atoms with Crippen LogP contribution in [-0.4, -0.2) is 44.9 Å². The molecule has 2 fully saturated rings. The molecule has 0 radical (unpaired) electrons. The molecule has 0 saturated carbocycles. The fourth-order valence-corrected chi connectivity index (χ4v) is 3.98. The normalized spacial score (nSPS) is 31.9. The van der Waals surface area contributed by atoms with Gasteiger partial charge in [-0.3, -0.25) is 0 Å². The average Bonchev–Trinajstić information content (AvgIpc) is 2.50. The first-order valence-electron chi connectivity index (χ1n) is 6.06. The third-order valence-corrected chi connectivity index (χ3v) is 5.12. The summed E-state index contributed by atoms with van der Waals surface area (Å²) in [5.41, 5.74) is 0. The van der Waals surface area contributed by atoms with Crippen molar-refractivity contribution in [2.75, 3.05) is 26.2 Å². The fraction of sp³-hybridized carbons (Fsp3) is 1.00. The number of hydrogen-bond acceptors (Lipinski definition) is 3. The Morgan fingerprint density at radius 2 is 2.00 bits per heavy atom. The smallest absolute Gasteiger partial charge is 0.279 e. The summed E-state index contributed by atoms with van der Waals surface area (Å²) < 4.78 is 27.5. The van der Waals surface area contributed by atoms with E-state index < -0.39 is 10.2 Å². The maximum absolute atomic E-state index is 11.6. The van der Waals surface area contributed by atoms with Crippen molar-refractivity contribution in [1.82, 2.24) is 14.3 Å². The third kappa shape index (κ3) is 2.94. The number of rotatable bonds is 3. The second kappa shape index (κ2) is 5.00. The van der Waals surface area contributed by atoms with E-state index in [1.165, 1.54) is 12.8 Å². The zero-order chi connectivity index (χ0) is 11.6.